The van der Waals surface area contributed by atoms with Crippen molar-refractivity contribution in [2.45, 2.75) is 12.5 Å². The van der Waals surface area contributed by atoms with E-state index in [2.05, 4.69) is 60.7 Å². The van der Waals surface area contributed by atoms with Gasteiger partial charge in [-0.1, -0.05) is 60.1 Å². The Morgan fingerprint density at radius 2 is 1.73 bits per heavy atom. The first-order valence-electron chi connectivity index (χ1n) is 10.3. The molecule has 154 valence electrons. The van der Waals surface area contributed by atoms with Gasteiger partial charge in [-0.3, -0.25) is 0 Å². The zero-order valence-electron chi connectivity index (χ0n) is 17.4. The molecule has 0 amide bonds. The van der Waals surface area contributed by atoms with Crippen LogP contribution in [0.2, 0.25) is 5.02 Å². The number of halogens is 1. The minimum atomic E-state index is 0.188. The van der Waals surface area contributed by atoms with E-state index < -0.39 is 0 Å². The van der Waals surface area contributed by atoms with Crippen LogP contribution in [0.4, 0.5) is 0 Å². The second-order valence-electron chi connectivity index (χ2n) is 7.57. The average Bonchev–Trinajstić information content (AvgIpc) is 2.78. The largest absolute Gasteiger partial charge is 0.493 e. The molecule has 0 saturated carbocycles. The fraction of sp³-hybridized carbons (Fsp3) is 0.231. The molecule has 2 atom stereocenters. The minimum absolute atomic E-state index is 0.188. The molecule has 0 spiro atoms. The summed E-state index contributed by atoms with van der Waals surface area (Å²) >= 11 is 6.36. The molecule has 3 nitrogen and oxygen atoms in total. The highest BCUT2D eigenvalue weighted by Crippen LogP contribution is 2.36. The Morgan fingerprint density at radius 3 is 2.47 bits per heavy atom. The number of benzene rings is 3. The summed E-state index contributed by atoms with van der Waals surface area (Å²) in [7, 11) is 3.38. The third-order valence-corrected chi connectivity index (χ3v) is 5.99. The Hall–Kier alpha value is -2.75. The molecule has 30 heavy (non-hydrogen) atoms. The van der Waals surface area contributed by atoms with Crippen molar-refractivity contribution in [3.05, 3.63) is 100 Å². The van der Waals surface area contributed by atoms with Gasteiger partial charge in [0, 0.05) is 22.6 Å². The van der Waals surface area contributed by atoms with Crippen LogP contribution < -0.4 is 14.4 Å². The highest BCUT2D eigenvalue weighted by Gasteiger charge is 2.33. The van der Waals surface area contributed by atoms with Crippen LogP contribution in [0.3, 0.4) is 0 Å². The summed E-state index contributed by atoms with van der Waals surface area (Å²) in [6, 6.07) is 23.1. The van der Waals surface area contributed by atoms with E-state index in [0.29, 0.717) is 0 Å². The monoisotopic (exact) mass is 420 g/mol. The van der Waals surface area contributed by atoms with Gasteiger partial charge in [0.1, 0.15) is 6.04 Å². The van der Waals surface area contributed by atoms with Crippen molar-refractivity contribution < 1.29 is 14.4 Å². The number of methoxy groups -OCH3 is 2. The Labute approximate surface area is 183 Å². The molecule has 1 unspecified atom stereocenters. The standard InChI is InChI=1S/C26H26ClNO2/c1-29-24-17-20-13-15-28(14-7-10-19-8-4-3-5-9-19)26(23(20)18-25(24)30-2)21-11-6-12-22(27)16-21/h3-12,16-18,26H,13-15H2,1-2H3/p+1/b10-7+/t26-/m0/s1. The fourth-order valence-electron chi connectivity index (χ4n) is 4.31. The molecule has 4 rings (SSSR count). The number of rotatable bonds is 6. The molecule has 3 aromatic rings. The molecule has 0 bridgehead atoms. The summed E-state index contributed by atoms with van der Waals surface area (Å²) in [5.74, 6) is 1.55. The first-order chi connectivity index (χ1) is 14.7. The second-order valence-corrected chi connectivity index (χ2v) is 8.01. The first-order valence-corrected chi connectivity index (χ1v) is 10.6. The molecule has 3 aromatic carbocycles. The topological polar surface area (TPSA) is 22.9 Å². The molecule has 1 aliphatic heterocycles. The molecule has 1 heterocycles. The molecule has 1 aliphatic rings. The van der Waals surface area contributed by atoms with Gasteiger partial charge in [-0.05, 0) is 41.5 Å². The number of hydrogen-bond donors (Lipinski definition) is 1. The molecular weight excluding hydrogens is 394 g/mol. The highest BCUT2D eigenvalue weighted by atomic mass is 35.5. The minimum Gasteiger partial charge on any atom is -0.493 e. The normalized spacial score (nSPS) is 18.2. The molecule has 4 heteroatoms. The van der Waals surface area contributed by atoms with Crippen molar-refractivity contribution in [2.75, 3.05) is 27.3 Å². The second kappa shape index (κ2) is 9.38. The molecule has 0 aromatic heterocycles. The van der Waals surface area contributed by atoms with Crippen molar-refractivity contribution >= 4 is 17.7 Å². The Morgan fingerprint density at radius 1 is 0.967 bits per heavy atom. The Balaban J connectivity index is 1.71. The van der Waals surface area contributed by atoms with E-state index in [1.807, 2.05) is 18.2 Å². The van der Waals surface area contributed by atoms with Crippen molar-refractivity contribution in [2.24, 2.45) is 0 Å². The predicted molar refractivity (Wildman–Crippen MR) is 123 cm³/mol. The van der Waals surface area contributed by atoms with Crippen LogP contribution in [0.1, 0.15) is 28.3 Å². The van der Waals surface area contributed by atoms with Crippen molar-refractivity contribution in [3.63, 3.8) is 0 Å². The van der Waals surface area contributed by atoms with Crippen molar-refractivity contribution in [1.29, 1.82) is 0 Å². The van der Waals surface area contributed by atoms with Crippen LogP contribution in [0.25, 0.3) is 6.08 Å². The lowest BCUT2D eigenvalue weighted by atomic mass is 9.87. The summed E-state index contributed by atoms with van der Waals surface area (Å²) in [5.41, 5.74) is 5.04. The van der Waals surface area contributed by atoms with Gasteiger partial charge in [0.2, 0.25) is 0 Å². The Kier molecular flexibility index (Phi) is 6.41. The first kappa shape index (κ1) is 20.5. The lowest BCUT2D eigenvalue weighted by molar-refractivity contribution is -0.922. The summed E-state index contributed by atoms with van der Waals surface area (Å²) in [5, 5.41) is 0.763. The van der Waals surface area contributed by atoms with Crippen LogP contribution in [0.15, 0.2) is 72.8 Å². The van der Waals surface area contributed by atoms with Crippen LogP contribution in [0, 0.1) is 0 Å². The molecule has 0 saturated heterocycles. The average molecular weight is 421 g/mol. The van der Waals surface area contributed by atoms with Gasteiger partial charge in [-0.25, -0.2) is 0 Å². The predicted octanol–water partition coefficient (Wildman–Crippen LogP) is 4.60. The maximum Gasteiger partial charge on any atom is 0.161 e. The van der Waals surface area contributed by atoms with Crippen LogP contribution in [-0.4, -0.2) is 27.3 Å². The molecule has 0 radical (unpaired) electrons. The van der Waals surface area contributed by atoms with E-state index in [-0.39, 0.29) is 6.04 Å². The molecular formula is C26H27ClNO2+. The third-order valence-electron chi connectivity index (χ3n) is 5.75. The number of nitrogens with one attached hydrogen (secondary N) is 1. The SMILES string of the molecule is COc1cc2c(cc1OC)[C@H](c1cccc(Cl)c1)[NH+](C/C=C/c1ccccc1)CC2. The van der Waals surface area contributed by atoms with E-state index in [4.69, 9.17) is 21.1 Å². The number of ether oxygens (including phenoxy) is 2. The number of hydrogen-bond acceptors (Lipinski definition) is 2. The third kappa shape index (κ3) is 4.38. The quantitative estimate of drug-likeness (QED) is 0.629. The maximum absolute atomic E-state index is 6.36. The lowest BCUT2D eigenvalue weighted by Gasteiger charge is -2.34. The van der Waals surface area contributed by atoms with Gasteiger partial charge in [-0.2, -0.15) is 0 Å². The maximum atomic E-state index is 6.36. The molecule has 1 N–H and O–H groups in total. The number of fused-ring (bicyclic) bond motifs is 1. The van der Waals surface area contributed by atoms with E-state index in [9.17, 15) is 0 Å². The van der Waals surface area contributed by atoms with Gasteiger partial charge >= 0.3 is 0 Å². The molecule has 0 aliphatic carbocycles. The van der Waals surface area contributed by atoms with Gasteiger partial charge in [0.15, 0.2) is 11.5 Å². The summed E-state index contributed by atoms with van der Waals surface area (Å²) < 4.78 is 11.1. The number of quaternary nitrogens is 1. The van der Waals surface area contributed by atoms with Crippen molar-refractivity contribution in [3.8, 4) is 11.5 Å². The van der Waals surface area contributed by atoms with E-state index in [0.717, 1.165) is 36.0 Å². The summed E-state index contributed by atoms with van der Waals surface area (Å²) in [4.78, 5) is 1.49. The lowest BCUT2D eigenvalue weighted by Crippen LogP contribution is -3.13. The van der Waals surface area contributed by atoms with Crippen LogP contribution in [0.5, 0.6) is 11.5 Å². The fourth-order valence-corrected chi connectivity index (χ4v) is 4.51. The highest BCUT2D eigenvalue weighted by molar-refractivity contribution is 6.30. The van der Waals surface area contributed by atoms with Gasteiger partial charge in [0.05, 0.1) is 27.3 Å². The summed E-state index contributed by atoms with van der Waals surface area (Å²) in [6.07, 6.45) is 5.47. The van der Waals surface area contributed by atoms with Crippen LogP contribution in [-0.2, 0) is 6.42 Å². The molecule has 0 fully saturated rings. The zero-order valence-corrected chi connectivity index (χ0v) is 18.2. The van der Waals surface area contributed by atoms with E-state index >= 15 is 0 Å². The zero-order chi connectivity index (χ0) is 20.9. The van der Waals surface area contributed by atoms with E-state index in [1.165, 1.54) is 27.2 Å². The van der Waals surface area contributed by atoms with E-state index in [1.54, 1.807) is 14.2 Å². The van der Waals surface area contributed by atoms with Crippen LogP contribution >= 0.6 is 11.6 Å². The smallest absolute Gasteiger partial charge is 0.161 e. The van der Waals surface area contributed by atoms with Gasteiger partial charge in [-0.15, -0.1) is 0 Å². The van der Waals surface area contributed by atoms with Crippen molar-refractivity contribution in [1.82, 2.24) is 0 Å². The summed E-state index contributed by atoms with van der Waals surface area (Å²) in [6.45, 7) is 1.97. The van der Waals surface area contributed by atoms with Gasteiger partial charge < -0.3 is 14.4 Å². The van der Waals surface area contributed by atoms with Gasteiger partial charge in [0.25, 0.3) is 0 Å². The Bertz CT molecular complexity index is 1030.